The van der Waals surface area contributed by atoms with E-state index in [0.29, 0.717) is 49.1 Å². The van der Waals surface area contributed by atoms with Crippen molar-refractivity contribution >= 4 is 29.0 Å². The molecule has 2 fully saturated rings. The minimum Gasteiger partial charge on any atom is -0.480 e. The van der Waals surface area contributed by atoms with E-state index in [9.17, 15) is 23.0 Å². The molecule has 0 spiro atoms. The Bertz CT molecular complexity index is 1690. The molecule has 0 aliphatic carbocycles. The number of nitrogens with zero attached hydrogens (tertiary/aromatic N) is 2. The molecule has 3 atom stereocenters. The lowest BCUT2D eigenvalue weighted by molar-refractivity contribution is -0.174. The Morgan fingerprint density at radius 1 is 0.962 bits per heavy atom. The summed E-state index contributed by atoms with van der Waals surface area (Å²) in [5.41, 5.74) is -0.0890. The Labute approximate surface area is 306 Å². The molecule has 3 aromatic carbocycles. The highest BCUT2D eigenvalue weighted by Gasteiger charge is 2.49. The topological polar surface area (TPSA) is 133 Å². The molecule has 1 amide bonds. The molecule has 2 aliphatic rings. The highest BCUT2D eigenvalue weighted by Crippen LogP contribution is 2.39. The highest BCUT2D eigenvalue weighted by molar-refractivity contribution is 7.82. The lowest BCUT2D eigenvalue weighted by atomic mass is 9.87. The van der Waals surface area contributed by atoms with E-state index in [4.69, 9.17) is 23.7 Å². The molecule has 0 aromatic heterocycles. The van der Waals surface area contributed by atoms with Gasteiger partial charge in [0.15, 0.2) is 5.60 Å². The number of alkyl carbamates (subject to hydrolysis) is 1. The van der Waals surface area contributed by atoms with Crippen LogP contribution in [0.1, 0.15) is 38.8 Å². The van der Waals surface area contributed by atoms with Crippen LogP contribution >= 0.6 is 0 Å². The van der Waals surface area contributed by atoms with E-state index in [0.717, 1.165) is 18.7 Å². The molecule has 12 nitrogen and oxygen atoms in total. The largest absolute Gasteiger partial charge is 0.480 e. The van der Waals surface area contributed by atoms with Crippen LogP contribution in [0.4, 0.5) is 9.18 Å². The summed E-state index contributed by atoms with van der Waals surface area (Å²) in [5, 5.41) is 2.56. The number of amides is 1. The number of ether oxygens (including phenoxy) is 5. The molecule has 0 bridgehead atoms. The molecule has 2 unspecified atom stereocenters. The van der Waals surface area contributed by atoms with Crippen LogP contribution < -0.4 is 10.1 Å². The quantitative estimate of drug-likeness (QED) is 0.185. The van der Waals surface area contributed by atoms with Crippen LogP contribution in [0.25, 0.3) is 0 Å². The molecule has 14 heteroatoms. The van der Waals surface area contributed by atoms with Crippen LogP contribution in [0, 0.1) is 11.2 Å². The number of hydrogen-bond acceptors (Lipinski definition) is 10. The number of carbonyl (C=O) groups excluding carboxylic acids is 3. The fraction of sp³-hybridized carbons (Fsp3) is 0.447. The first-order valence-electron chi connectivity index (χ1n) is 17.2. The molecule has 52 heavy (non-hydrogen) atoms. The van der Waals surface area contributed by atoms with Crippen molar-refractivity contribution in [1.29, 1.82) is 0 Å². The van der Waals surface area contributed by atoms with Gasteiger partial charge in [-0.15, -0.1) is 0 Å². The van der Waals surface area contributed by atoms with Crippen LogP contribution in [0.15, 0.2) is 83.8 Å². The molecule has 3 aromatic rings. The number of esters is 2. The number of rotatable bonds is 14. The number of hydrogen-bond donors (Lipinski definition) is 1. The fourth-order valence-corrected chi connectivity index (χ4v) is 7.05. The van der Waals surface area contributed by atoms with E-state index >= 15 is 0 Å². The minimum absolute atomic E-state index is 0.00825. The summed E-state index contributed by atoms with van der Waals surface area (Å²) in [7, 11) is -1.60. The standard InChI is InChI=1S/C38H46FN3O9S/c1-27(49-35(44)37(2,3)4)50-36(45)40-33(34(43)48-22-19-41-17-20-47-21-18-41)24-28-9-8-12-32(23-28)52(46)42-25-38(26-42,29-10-6-5-7-11-29)51-31-15-13-30(39)14-16-31/h5-16,23,27,33H,17-22,24-26H2,1-4H3,(H,40,45)/t27?,33-,52?/m0/s1. The van der Waals surface area contributed by atoms with E-state index in [2.05, 4.69) is 10.2 Å². The maximum Gasteiger partial charge on any atom is 0.410 e. The summed E-state index contributed by atoms with van der Waals surface area (Å²) in [4.78, 5) is 41.1. The maximum atomic E-state index is 13.9. The van der Waals surface area contributed by atoms with Crippen molar-refractivity contribution < 1.29 is 46.7 Å². The van der Waals surface area contributed by atoms with Crippen molar-refractivity contribution in [2.24, 2.45) is 5.41 Å². The second-order valence-corrected chi connectivity index (χ2v) is 15.2. The first kappa shape index (κ1) is 38.9. The van der Waals surface area contributed by atoms with Gasteiger partial charge in [-0.05, 0) is 68.3 Å². The number of benzene rings is 3. The van der Waals surface area contributed by atoms with Crippen molar-refractivity contribution in [1.82, 2.24) is 14.5 Å². The third-order valence-electron chi connectivity index (χ3n) is 8.56. The third-order valence-corrected chi connectivity index (χ3v) is 9.94. The van der Waals surface area contributed by atoms with E-state index in [1.54, 1.807) is 61.5 Å². The number of nitrogens with one attached hydrogen (secondary N) is 1. The average molecular weight is 740 g/mol. The van der Waals surface area contributed by atoms with Gasteiger partial charge in [0.25, 0.3) is 0 Å². The Hall–Kier alpha value is -4.37. The van der Waals surface area contributed by atoms with Gasteiger partial charge < -0.3 is 29.0 Å². The predicted octanol–water partition coefficient (Wildman–Crippen LogP) is 4.59. The molecule has 1 N–H and O–H groups in total. The molecular formula is C38H46FN3O9S. The van der Waals surface area contributed by atoms with Crippen LogP contribution in [0.2, 0.25) is 0 Å². The molecule has 2 aliphatic heterocycles. The van der Waals surface area contributed by atoms with Gasteiger partial charge in [0.05, 0.1) is 36.6 Å². The van der Waals surface area contributed by atoms with E-state index < -0.39 is 52.4 Å². The Morgan fingerprint density at radius 2 is 1.65 bits per heavy atom. The van der Waals surface area contributed by atoms with Gasteiger partial charge in [-0.1, -0.05) is 42.5 Å². The summed E-state index contributed by atoms with van der Waals surface area (Å²) in [5.74, 6) is -1.11. The first-order chi connectivity index (χ1) is 24.8. The zero-order chi connectivity index (χ0) is 37.3. The smallest absolute Gasteiger partial charge is 0.410 e. The molecular weight excluding hydrogens is 693 g/mol. The van der Waals surface area contributed by atoms with Gasteiger partial charge in [0.2, 0.25) is 6.29 Å². The lowest BCUT2D eigenvalue weighted by Gasteiger charge is -2.48. The SMILES string of the molecule is CC(OC(=O)N[C@@H](Cc1cccc(S(=O)N2CC(Oc3ccc(F)cc3)(c3ccccc3)C2)c1)C(=O)OCCN1CCOCC1)OC(=O)C(C)(C)C. The monoisotopic (exact) mass is 739 g/mol. The number of morpholine rings is 1. The maximum absolute atomic E-state index is 13.9. The lowest BCUT2D eigenvalue weighted by Crippen LogP contribution is -2.62. The Kier molecular flexibility index (Phi) is 13.0. The van der Waals surface area contributed by atoms with Crippen LogP contribution in [-0.4, -0.2) is 96.3 Å². The molecule has 5 rings (SSSR count). The van der Waals surface area contributed by atoms with E-state index in [-0.39, 0.29) is 18.8 Å². The molecule has 2 saturated heterocycles. The minimum atomic E-state index is -1.60. The highest BCUT2D eigenvalue weighted by atomic mass is 32.2. The predicted molar refractivity (Wildman–Crippen MR) is 190 cm³/mol. The van der Waals surface area contributed by atoms with Gasteiger partial charge in [-0.25, -0.2) is 22.5 Å². The summed E-state index contributed by atoms with van der Waals surface area (Å²) in [6.45, 7) is 10.3. The van der Waals surface area contributed by atoms with Crippen LogP contribution in [0.5, 0.6) is 5.75 Å². The van der Waals surface area contributed by atoms with E-state index in [1.807, 2.05) is 30.3 Å². The van der Waals surface area contributed by atoms with Gasteiger partial charge in [-0.3, -0.25) is 9.69 Å². The normalized spacial score (nSPS) is 17.9. The van der Waals surface area contributed by atoms with Crippen molar-refractivity contribution in [2.75, 3.05) is 52.5 Å². The fourth-order valence-electron chi connectivity index (χ4n) is 5.66. The van der Waals surface area contributed by atoms with Crippen molar-refractivity contribution in [3.63, 3.8) is 0 Å². The summed E-state index contributed by atoms with van der Waals surface area (Å²) < 4.78 is 57.0. The summed E-state index contributed by atoms with van der Waals surface area (Å²) in [6.07, 6.45) is -2.17. The zero-order valence-electron chi connectivity index (χ0n) is 29.9. The van der Waals surface area contributed by atoms with Crippen LogP contribution in [0.3, 0.4) is 0 Å². The third kappa shape index (κ3) is 10.6. The van der Waals surface area contributed by atoms with Crippen molar-refractivity contribution in [2.45, 2.75) is 56.9 Å². The molecule has 280 valence electrons. The van der Waals surface area contributed by atoms with Crippen molar-refractivity contribution in [3.8, 4) is 5.75 Å². The first-order valence-corrected chi connectivity index (χ1v) is 18.3. The second kappa shape index (κ2) is 17.4. The second-order valence-electron chi connectivity index (χ2n) is 13.8. The Morgan fingerprint density at radius 3 is 2.33 bits per heavy atom. The Balaban J connectivity index is 1.26. The summed E-state index contributed by atoms with van der Waals surface area (Å²) >= 11 is 0. The molecule has 0 saturated carbocycles. The van der Waals surface area contributed by atoms with Gasteiger partial charge in [0, 0.05) is 33.0 Å². The number of halogens is 1. The number of carbonyl (C=O) groups is 3. The van der Waals surface area contributed by atoms with Crippen molar-refractivity contribution in [3.05, 3.63) is 95.8 Å². The molecule has 0 radical (unpaired) electrons. The average Bonchev–Trinajstić information content (AvgIpc) is 3.10. The van der Waals surface area contributed by atoms with Gasteiger partial charge >= 0.3 is 18.0 Å². The zero-order valence-corrected chi connectivity index (χ0v) is 30.7. The molecule has 2 heterocycles. The van der Waals surface area contributed by atoms with Crippen LogP contribution in [-0.2, 0) is 51.5 Å². The van der Waals surface area contributed by atoms with Gasteiger partial charge in [-0.2, -0.15) is 0 Å². The van der Waals surface area contributed by atoms with E-state index in [1.165, 1.54) is 19.1 Å². The summed E-state index contributed by atoms with van der Waals surface area (Å²) in [6, 6.07) is 21.2. The van der Waals surface area contributed by atoms with Gasteiger partial charge in [0.1, 0.15) is 35.2 Å².